The Balaban J connectivity index is 2.49. The van der Waals surface area contributed by atoms with Crippen LogP contribution in [-0.4, -0.2) is 43.0 Å². The first kappa shape index (κ1) is 12.0. The van der Waals surface area contributed by atoms with Crippen LogP contribution in [0.15, 0.2) is 0 Å². The molecule has 0 radical (unpaired) electrons. The minimum absolute atomic E-state index is 0.192. The van der Waals surface area contributed by atoms with Gasteiger partial charge >= 0.3 is 5.97 Å². The Bertz CT molecular complexity index is 243. The van der Waals surface area contributed by atoms with Crippen molar-refractivity contribution in [3.05, 3.63) is 0 Å². The fraction of sp³-hybridized carbons (Fsp3) is 0.800. The molecule has 2 N–H and O–H groups in total. The third kappa shape index (κ3) is 3.51. The highest BCUT2D eigenvalue weighted by Gasteiger charge is 2.29. The number of nitrogens with two attached hydrogens (primary N) is 1. The van der Waals surface area contributed by atoms with E-state index in [2.05, 4.69) is 0 Å². The molecule has 15 heavy (non-hydrogen) atoms. The number of piperidine rings is 1. The summed E-state index contributed by atoms with van der Waals surface area (Å²) in [6.07, 6.45) is 3.21. The SMILES string of the molecule is COC(=O)C1CCCCN1CCC(N)=O. The predicted molar refractivity (Wildman–Crippen MR) is 55.0 cm³/mol. The number of primary amides is 1. The smallest absolute Gasteiger partial charge is 0.323 e. The lowest BCUT2D eigenvalue weighted by Crippen LogP contribution is -2.46. The highest BCUT2D eigenvalue weighted by Crippen LogP contribution is 2.18. The predicted octanol–water partition coefficient (Wildman–Crippen LogP) is -0.111. The summed E-state index contributed by atoms with van der Waals surface area (Å²) in [4.78, 5) is 24.1. The van der Waals surface area contributed by atoms with E-state index in [0.717, 1.165) is 25.8 Å². The summed E-state index contributed by atoms with van der Waals surface area (Å²) in [7, 11) is 1.39. The summed E-state index contributed by atoms with van der Waals surface area (Å²) in [5, 5.41) is 0. The van der Waals surface area contributed by atoms with Crippen molar-refractivity contribution in [2.45, 2.75) is 31.7 Å². The van der Waals surface area contributed by atoms with Crippen molar-refractivity contribution < 1.29 is 14.3 Å². The second-order valence-electron chi connectivity index (χ2n) is 3.79. The minimum Gasteiger partial charge on any atom is -0.468 e. The monoisotopic (exact) mass is 214 g/mol. The Kier molecular flexibility index (Phi) is 4.55. The Morgan fingerprint density at radius 2 is 2.20 bits per heavy atom. The topological polar surface area (TPSA) is 72.6 Å². The van der Waals surface area contributed by atoms with Crippen molar-refractivity contribution in [2.75, 3.05) is 20.2 Å². The van der Waals surface area contributed by atoms with Crippen molar-refractivity contribution in [3.8, 4) is 0 Å². The van der Waals surface area contributed by atoms with E-state index < -0.39 is 0 Å². The van der Waals surface area contributed by atoms with Crippen molar-refractivity contribution in [3.63, 3.8) is 0 Å². The molecular formula is C10H18N2O3. The van der Waals surface area contributed by atoms with E-state index in [1.54, 1.807) is 0 Å². The van der Waals surface area contributed by atoms with E-state index >= 15 is 0 Å². The molecule has 1 aliphatic rings. The van der Waals surface area contributed by atoms with Gasteiger partial charge in [-0.25, -0.2) is 0 Å². The number of methoxy groups -OCH3 is 1. The highest BCUT2D eigenvalue weighted by atomic mass is 16.5. The van der Waals surface area contributed by atoms with Gasteiger partial charge in [-0.3, -0.25) is 14.5 Å². The van der Waals surface area contributed by atoms with Crippen LogP contribution in [0.4, 0.5) is 0 Å². The summed E-state index contributed by atoms with van der Waals surface area (Å²) < 4.78 is 4.73. The van der Waals surface area contributed by atoms with Gasteiger partial charge in [0.2, 0.25) is 5.91 Å². The number of amides is 1. The molecule has 1 aliphatic heterocycles. The van der Waals surface area contributed by atoms with Gasteiger partial charge in [0.15, 0.2) is 0 Å². The third-order valence-electron chi connectivity index (χ3n) is 2.73. The van der Waals surface area contributed by atoms with Gasteiger partial charge < -0.3 is 10.5 Å². The number of carbonyl (C=O) groups is 2. The summed E-state index contributed by atoms with van der Waals surface area (Å²) in [5.41, 5.74) is 5.08. The average Bonchev–Trinajstić information content (AvgIpc) is 2.25. The third-order valence-corrected chi connectivity index (χ3v) is 2.73. The Morgan fingerprint density at radius 1 is 1.47 bits per heavy atom. The first-order valence-corrected chi connectivity index (χ1v) is 5.25. The molecule has 1 rings (SSSR count). The van der Waals surface area contributed by atoms with E-state index in [1.807, 2.05) is 4.90 Å². The maximum absolute atomic E-state index is 11.4. The number of hydrogen-bond acceptors (Lipinski definition) is 4. The lowest BCUT2D eigenvalue weighted by molar-refractivity contribution is -0.148. The summed E-state index contributed by atoms with van der Waals surface area (Å²) in [6, 6.07) is -0.192. The zero-order valence-corrected chi connectivity index (χ0v) is 9.07. The quantitative estimate of drug-likeness (QED) is 0.663. The van der Waals surface area contributed by atoms with Crippen LogP contribution >= 0.6 is 0 Å². The molecule has 1 fully saturated rings. The van der Waals surface area contributed by atoms with E-state index in [9.17, 15) is 9.59 Å². The highest BCUT2D eigenvalue weighted by molar-refractivity contribution is 5.76. The van der Waals surface area contributed by atoms with Gasteiger partial charge in [-0.1, -0.05) is 6.42 Å². The first-order valence-electron chi connectivity index (χ1n) is 5.25. The van der Waals surface area contributed by atoms with Gasteiger partial charge in [0.05, 0.1) is 7.11 Å². The number of likely N-dealkylation sites (tertiary alicyclic amines) is 1. The van der Waals surface area contributed by atoms with Crippen LogP contribution in [0.3, 0.4) is 0 Å². The molecule has 5 heteroatoms. The van der Waals surface area contributed by atoms with Gasteiger partial charge in [-0.15, -0.1) is 0 Å². The standard InChI is InChI=1S/C10H18N2O3/c1-15-10(14)8-4-2-3-6-12(8)7-5-9(11)13/h8H,2-7H2,1H3,(H2,11,13). The molecular weight excluding hydrogens is 196 g/mol. The Hall–Kier alpha value is -1.10. The molecule has 0 aromatic rings. The zero-order valence-electron chi connectivity index (χ0n) is 9.07. The van der Waals surface area contributed by atoms with E-state index in [4.69, 9.17) is 10.5 Å². The molecule has 1 amide bonds. The van der Waals surface area contributed by atoms with Crippen LogP contribution in [0.5, 0.6) is 0 Å². The van der Waals surface area contributed by atoms with Crippen LogP contribution < -0.4 is 5.73 Å². The van der Waals surface area contributed by atoms with E-state index in [0.29, 0.717) is 13.0 Å². The van der Waals surface area contributed by atoms with Crippen LogP contribution in [-0.2, 0) is 14.3 Å². The van der Waals surface area contributed by atoms with Gasteiger partial charge in [0, 0.05) is 13.0 Å². The average molecular weight is 214 g/mol. The molecule has 86 valence electrons. The van der Waals surface area contributed by atoms with Gasteiger partial charge in [0.1, 0.15) is 6.04 Å². The summed E-state index contributed by atoms with van der Waals surface area (Å²) in [5.74, 6) is -0.539. The zero-order chi connectivity index (χ0) is 11.3. The minimum atomic E-state index is -0.329. The molecule has 0 aromatic heterocycles. The lowest BCUT2D eigenvalue weighted by atomic mass is 10.0. The molecule has 0 saturated carbocycles. The molecule has 0 bridgehead atoms. The first-order chi connectivity index (χ1) is 7.15. The molecule has 5 nitrogen and oxygen atoms in total. The van der Waals surface area contributed by atoms with Gasteiger partial charge in [-0.2, -0.15) is 0 Å². The maximum Gasteiger partial charge on any atom is 0.323 e. The van der Waals surface area contributed by atoms with Crippen molar-refractivity contribution in [1.29, 1.82) is 0 Å². The molecule has 1 saturated heterocycles. The summed E-state index contributed by atoms with van der Waals surface area (Å²) >= 11 is 0. The van der Waals surface area contributed by atoms with Gasteiger partial charge in [-0.05, 0) is 19.4 Å². The molecule has 0 aliphatic carbocycles. The van der Waals surface area contributed by atoms with Crippen LogP contribution in [0.25, 0.3) is 0 Å². The number of rotatable bonds is 4. The van der Waals surface area contributed by atoms with Gasteiger partial charge in [0.25, 0.3) is 0 Å². The van der Waals surface area contributed by atoms with Crippen LogP contribution in [0, 0.1) is 0 Å². The number of hydrogen-bond donors (Lipinski definition) is 1. The number of esters is 1. The van der Waals surface area contributed by atoms with E-state index in [-0.39, 0.29) is 17.9 Å². The maximum atomic E-state index is 11.4. The second kappa shape index (κ2) is 5.70. The fourth-order valence-corrected chi connectivity index (χ4v) is 1.92. The Morgan fingerprint density at radius 3 is 2.80 bits per heavy atom. The second-order valence-corrected chi connectivity index (χ2v) is 3.79. The number of ether oxygens (including phenoxy) is 1. The molecule has 0 aromatic carbocycles. The summed E-state index contributed by atoms with van der Waals surface area (Å²) in [6.45, 7) is 1.39. The molecule has 1 heterocycles. The largest absolute Gasteiger partial charge is 0.468 e. The number of carbonyl (C=O) groups excluding carboxylic acids is 2. The van der Waals surface area contributed by atoms with E-state index in [1.165, 1.54) is 7.11 Å². The van der Waals surface area contributed by atoms with Crippen molar-refractivity contribution >= 4 is 11.9 Å². The normalized spacial score (nSPS) is 22.3. The van der Waals surface area contributed by atoms with Crippen molar-refractivity contribution in [1.82, 2.24) is 4.90 Å². The fourth-order valence-electron chi connectivity index (χ4n) is 1.92. The molecule has 1 unspecified atom stereocenters. The number of nitrogens with zero attached hydrogens (tertiary/aromatic N) is 1. The lowest BCUT2D eigenvalue weighted by Gasteiger charge is -2.33. The molecule has 1 atom stereocenters. The van der Waals surface area contributed by atoms with Crippen molar-refractivity contribution in [2.24, 2.45) is 5.73 Å². The van der Waals surface area contributed by atoms with Crippen LogP contribution in [0.1, 0.15) is 25.7 Å². The van der Waals surface area contributed by atoms with Crippen LogP contribution in [0.2, 0.25) is 0 Å². The molecule has 0 spiro atoms. The Labute approximate surface area is 89.6 Å².